The Labute approximate surface area is 99.2 Å². The molecular weight excluding hydrogens is 235 g/mol. The normalized spacial score (nSPS) is 12.8. The number of rotatable bonds is 4. The average Bonchev–Trinajstić information content (AvgIpc) is 2.21. The summed E-state index contributed by atoms with van der Waals surface area (Å²) in [6, 6.07) is 3.26. The van der Waals surface area contributed by atoms with Crippen LogP contribution in [0.3, 0.4) is 0 Å². The van der Waals surface area contributed by atoms with Gasteiger partial charge in [-0.3, -0.25) is 0 Å². The number of benzene rings is 1. The maximum absolute atomic E-state index is 9.77. The monoisotopic (exact) mass is 248 g/mol. The summed E-state index contributed by atoms with van der Waals surface area (Å²) in [7, 11) is 0. The van der Waals surface area contributed by atoms with Crippen molar-refractivity contribution in [1.82, 2.24) is 5.32 Å². The zero-order chi connectivity index (χ0) is 11.4. The summed E-state index contributed by atoms with van der Waals surface area (Å²) in [5.41, 5.74) is 6.60. The zero-order valence-corrected chi connectivity index (χ0v) is 9.94. The van der Waals surface area contributed by atoms with Gasteiger partial charge in [-0.15, -0.1) is 0 Å². The fourth-order valence-corrected chi connectivity index (χ4v) is 1.70. The van der Waals surface area contributed by atoms with Crippen LogP contribution in [-0.4, -0.2) is 18.2 Å². The Morgan fingerprint density at radius 1 is 1.40 bits per heavy atom. The van der Waals surface area contributed by atoms with E-state index in [9.17, 15) is 5.11 Å². The van der Waals surface area contributed by atoms with E-state index in [1.54, 1.807) is 12.1 Å². The van der Waals surface area contributed by atoms with E-state index in [2.05, 4.69) is 5.32 Å². The number of halogens is 2. The summed E-state index contributed by atoms with van der Waals surface area (Å²) in [4.78, 5) is 0. The molecule has 1 unspecified atom stereocenters. The van der Waals surface area contributed by atoms with Crippen LogP contribution in [-0.2, 0) is 0 Å². The number of nitrogens with one attached hydrogen (secondary N) is 1. The van der Waals surface area contributed by atoms with Gasteiger partial charge in [0.15, 0.2) is 0 Å². The molecule has 0 radical (unpaired) electrons. The molecule has 0 aliphatic heterocycles. The molecule has 0 saturated carbocycles. The topological polar surface area (TPSA) is 58.3 Å². The van der Waals surface area contributed by atoms with E-state index >= 15 is 0 Å². The van der Waals surface area contributed by atoms with Gasteiger partial charge in [0.05, 0.1) is 21.8 Å². The molecule has 0 heterocycles. The zero-order valence-electron chi connectivity index (χ0n) is 8.43. The van der Waals surface area contributed by atoms with Crippen molar-refractivity contribution < 1.29 is 5.11 Å². The smallest absolute Gasteiger partial charge is 0.0915 e. The van der Waals surface area contributed by atoms with Crippen molar-refractivity contribution in [3.05, 3.63) is 27.7 Å². The van der Waals surface area contributed by atoms with Crippen molar-refractivity contribution in [2.75, 3.05) is 18.8 Å². The van der Waals surface area contributed by atoms with Gasteiger partial charge in [0, 0.05) is 6.54 Å². The molecule has 0 fully saturated rings. The molecule has 5 heteroatoms. The third kappa shape index (κ3) is 3.24. The molecule has 0 spiro atoms. The van der Waals surface area contributed by atoms with Gasteiger partial charge in [0.25, 0.3) is 0 Å². The highest BCUT2D eigenvalue weighted by molar-refractivity contribution is 6.38. The Morgan fingerprint density at radius 2 is 1.93 bits per heavy atom. The van der Waals surface area contributed by atoms with Gasteiger partial charge in [0.1, 0.15) is 0 Å². The molecule has 1 rings (SSSR count). The summed E-state index contributed by atoms with van der Waals surface area (Å²) >= 11 is 11.7. The maximum Gasteiger partial charge on any atom is 0.0915 e. The number of hydrogen-bond acceptors (Lipinski definition) is 3. The van der Waals surface area contributed by atoms with Crippen LogP contribution >= 0.6 is 23.2 Å². The minimum absolute atomic E-state index is 0.345. The number of aliphatic hydroxyl groups is 1. The molecule has 1 aromatic carbocycles. The third-order valence-electron chi connectivity index (χ3n) is 2.07. The predicted molar refractivity (Wildman–Crippen MR) is 64.4 cm³/mol. The second-order valence-electron chi connectivity index (χ2n) is 3.22. The van der Waals surface area contributed by atoms with Crippen molar-refractivity contribution in [1.29, 1.82) is 0 Å². The maximum atomic E-state index is 9.77. The van der Waals surface area contributed by atoms with Crippen molar-refractivity contribution in [3.8, 4) is 0 Å². The molecule has 15 heavy (non-hydrogen) atoms. The van der Waals surface area contributed by atoms with Crippen LogP contribution in [0.25, 0.3) is 0 Å². The van der Waals surface area contributed by atoms with Crippen LogP contribution in [0.15, 0.2) is 12.1 Å². The molecular formula is C10H14Cl2N2O. The van der Waals surface area contributed by atoms with E-state index in [-0.39, 0.29) is 0 Å². The second-order valence-corrected chi connectivity index (χ2v) is 4.04. The lowest BCUT2D eigenvalue weighted by Crippen LogP contribution is -2.20. The largest absolute Gasteiger partial charge is 0.396 e. The molecule has 1 atom stereocenters. The van der Waals surface area contributed by atoms with Crippen LogP contribution < -0.4 is 11.1 Å². The summed E-state index contributed by atoms with van der Waals surface area (Å²) in [5.74, 6) is 0. The van der Waals surface area contributed by atoms with Gasteiger partial charge in [-0.1, -0.05) is 30.1 Å². The molecule has 0 aromatic heterocycles. The first-order chi connectivity index (χ1) is 7.06. The lowest BCUT2D eigenvalue weighted by atomic mass is 10.1. The van der Waals surface area contributed by atoms with Gasteiger partial charge in [-0.2, -0.15) is 0 Å². The van der Waals surface area contributed by atoms with Gasteiger partial charge >= 0.3 is 0 Å². The van der Waals surface area contributed by atoms with E-state index in [1.165, 1.54) is 0 Å². The number of likely N-dealkylation sites (N-methyl/N-ethyl adjacent to an activating group) is 1. The van der Waals surface area contributed by atoms with E-state index in [4.69, 9.17) is 28.9 Å². The van der Waals surface area contributed by atoms with Gasteiger partial charge < -0.3 is 16.2 Å². The molecule has 1 aromatic rings. The standard InChI is InChI=1S/C10H14Cl2N2O/c1-2-14-5-9(15)6-3-7(11)10(13)8(12)4-6/h3-4,9,14-15H,2,5,13H2,1H3. The number of aliphatic hydroxyl groups excluding tert-OH is 1. The van der Waals surface area contributed by atoms with E-state index in [1.807, 2.05) is 6.92 Å². The van der Waals surface area contributed by atoms with Crippen LogP contribution in [0.4, 0.5) is 5.69 Å². The van der Waals surface area contributed by atoms with Gasteiger partial charge in [-0.05, 0) is 24.2 Å². The number of anilines is 1. The highest BCUT2D eigenvalue weighted by atomic mass is 35.5. The van der Waals surface area contributed by atoms with Crippen molar-refractivity contribution in [2.24, 2.45) is 0 Å². The van der Waals surface area contributed by atoms with Crippen LogP contribution in [0.5, 0.6) is 0 Å². The molecule has 84 valence electrons. The van der Waals surface area contributed by atoms with E-state index in [0.717, 1.165) is 6.54 Å². The molecule has 0 bridgehead atoms. The Morgan fingerprint density at radius 3 is 2.40 bits per heavy atom. The minimum atomic E-state index is -0.624. The van der Waals surface area contributed by atoms with Crippen molar-refractivity contribution >= 4 is 28.9 Å². The third-order valence-corrected chi connectivity index (χ3v) is 2.70. The average molecular weight is 249 g/mol. The van der Waals surface area contributed by atoms with Crippen molar-refractivity contribution in [2.45, 2.75) is 13.0 Å². The van der Waals surface area contributed by atoms with Crippen LogP contribution in [0, 0.1) is 0 Å². The number of hydrogen-bond donors (Lipinski definition) is 3. The Kier molecular flexibility index (Phi) is 4.67. The quantitative estimate of drug-likeness (QED) is 0.717. The molecule has 4 N–H and O–H groups in total. The van der Waals surface area contributed by atoms with Gasteiger partial charge in [-0.25, -0.2) is 0 Å². The molecule has 0 aliphatic carbocycles. The van der Waals surface area contributed by atoms with Crippen molar-refractivity contribution in [3.63, 3.8) is 0 Å². The Bertz CT molecular complexity index is 321. The first-order valence-corrected chi connectivity index (χ1v) is 5.45. The molecule has 0 amide bonds. The highest BCUT2D eigenvalue weighted by Crippen LogP contribution is 2.30. The molecule has 3 nitrogen and oxygen atoms in total. The fraction of sp³-hybridized carbons (Fsp3) is 0.400. The van der Waals surface area contributed by atoms with Gasteiger partial charge in [0.2, 0.25) is 0 Å². The minimum Gasteiger partial charge on any atom is -0.396 e. The SMILES string of the molecule is CCNCC(O)c1cc(Cl)c(N)c(Cl)c1. The summed E-state index contributed by atoms with van der Waals surface area (Å²) < 4.78 is 0. The number of nitrogen functional groups attached to an aromatic ring is 1. The summed E-state index contributed by atoms with van der Waals surface area (Å²) in [6.45, 7) is 3.23. The molecule has 0 saturated heterocycles. The van der Waals surface area contributed by atoms with Crippen LogP contribution in [0.2, 0.25) is 10.0 Å². The second kappa shape index (κ2) is 5.56. The highest BCUT2D eigenvalue weighted by Gasteiger charge is 2.11. The van der Waals surface area contributed by atoms with Crippen LogP contribution in [0.1, 0.15) is 18.6 Å². The summed E-state index contributed by atoms with van der Waals surface area (Å²) in [5, 5.41) is 13.5. The van der Waals surface area contributed by atoms with E-state index in [0.29, 0.717) is 27.8 Å². The van der Waals surface area contributed by atoms with E-state index < -0.39 is 6.10 Å². The Balaban J connectivity index is 2.86. The molecule has 0 aliphatic rings. The fourth-order valence-electron chi connectivity index (χ4n) is 1.20. The number of nitrogens with two attached hydrogens (primary N) is 1. The first kappa shape index (κ1) is 12.6. The lowest BCUT2D eigenvalue weighted by Gasteiger charge is -2.13. The lowest BCUT2D eigenvalue weighted by molar-refractivity contribution is 0.175. The Hall–Kier alpha value is -0.480. The summed E-state index contributed by atoms with van der Waals surface area (Å²) in [6.07, 6.45) is -0.624. The predicted octanol–water partition coefficient (Wildman–Crippen LogP) is 2.22. The first-order valence-electron chi connectivity index (χ1n) is 4.69.